The number of anilines is 1. The van der Waals surface area contributed by atoms with Crippen molar-refractivity contribution in [3.8, 4) is 0 Å². The van der Waals surface area contributed by atoms with Crippen LogP contribution in [0.1, 0.15) is 30.5 Å². The number of nitrogens with one attached hydrogen (secondary N) is 1. The topological polar surface area (TPSA) is 72.7 Å². The predicted molar refractivity (Wildman–Crippen MR) is 90.2 cm³/mol. The molecule has 3 heterocycles. The van der Waals surface area contributed by atoms with Crippen LogP contribution in [0.2, 0.25) is 0 Å². The molecule has 0 spiro atoms. The average Bonchev–Trinajstić information content (AvgIpc) is 3.08. The number of aryl methyl sites for hydroxylation is 1. The Balaban J connectivity index is 1.90. The number of aromatic nitrogens is 4. The monoisotopic (exact) mass is 371 g/mol. The van der Waals surface area contributed by atoms with Crippen LogP contribution in [0.15, 0.2) is 35.2 Å². The van der Waals surface area contributed by atoms with Gasteiger partial charge in [-0.3, -0.25) is 4.79 Å². The van der Waals surface area contributed by atoms with Crippen LogP contribution in [0.4, 0.5) is 5.69 Å². The number of nitrogens with zero attached hydrogens (tertiary/aromatic N) is 4. The molecule has 0 fully saturated rings. The molecule has 0 bridgehead atoms. The van der Waals surface area contributed by atoms with Gasteiger partial charge in [-0.2, -0.15) is 5.10 Å². The summed E-state index contributed by atoms with van der Waals surface area (Å²) in [5, 5.41) is 8.14. The largest absolute Gasteiger partial charge is 0.325 e. The second kappa shape index (κ2) is 5.42. The molecule has 23 heavy (non-hydrogen) atoms. The Morgan fingerprint density at radius 2 is 2.22 bits per heavy atom. The normalized spacial score (nSPS) is 16.6. The maximum absolute atomic E-state index is 12.5. The van der Waals surface area contributed by atoms with Crippen LogP contribution in [0.3, 0.4) is 0 Å². The zero-order chi connectivity index (χ0) is 16.0. The lowest BCUT2D eigenvalue weighted by Gasteiger charge is -2.09. The van der Waals surface area contributed by atoms with Gasteiger partial charge in [0.2, 0.25) is 5.91 Å². The van der Waals surface area contributed by atoms with E-state index in [9.17, 15) is 4.79 Å². The Morgan fingerprint density at radius 3 is 3.04 bits per heavy atom. The third kappa shape index (κ3) is 2.23. The highest BCUT2D eigenvalue weighted by Crippen LogP contribution is 2.39. The van der Waals surface area contributed by atoms with E-state index in [0.29, 0.717) is 5.69 Å². The van der Waals surface area contributed by atoms with E-state index in [1.165, 1.54) is 6.33 Å². The molecule has 4 rings (SSSR count). The molecule has 1 aliphatic rings. The lowest BCUT2D eigenvalue weighted by Crippen LogP contribution is -2.15. The van der Waals surface area contributed by atoms with Gasteiger partial charge in [0.1, 0.15) is 12.2 Å². The van der Waals surface area contributed by atoms with Crippen LogP contribution in [0.25, 0.3) is 11.0 Å². The number of hydrogen-bond acceptors (Lipinski definition) is 4. The number of carbonyl (C=O) groups excluding carboxylic acids is 1. The van der Waals surface area contributed by atoms with E-state index < -0.39 is 5.92 Å². The number of benzene rings is 1. The van der Waals surface area contributed by atoms with Crippen LogP contribution in [0.5, 0.6) is 0 Å². The molecule has 1 unspecified atom stereocenters. The average molecular weight is 372 g/mol. The van der Waals surface area contributed by atoms with Gasteiger partial charge < -0.3 is 5.32 Å². The number of halogens is 1. The molecule has 3 aromatic rings. The summed E-state index contributed by atoms with van der Waals surface area (Å²) < 4.78 is 2.79. The summed E-state index contributed by atoms with van der Waals surface area (Å²) >= 11 is 3.47. The first-order chi connectivity index (χ1) is 11.2. The molecule has 2 aromatic heterocycles. The number of fused-ring (bicyclic) bond motifs is 2. The first-order valence-corrected chi connectivity index (χ1v) is 8.25. The number of rotatable bonds is 3. The van der Waals surface area contributed by atoms with Crippen molar-refractivity contribution in [3.05, 3.63) is 46.5 Å². The maximum atomic E-state index is 12.5. The maximum Gasteiger partial charge on any atom is 0.238 e. The van der Waals surface area contributed by atoms with Crippen LogP contribution in [0, 0.1) is 0 Å². The minimum Gasteiger partial charge on any atom is -0.325 e. The van der Waals surface area contributed by atoms with Crippen molar-refractivity contribution >= 4 is 38.6 Å². The number of amides is 1. The Bertz CT molecular complexity index is 920. The third-order valence-electron chi connectivity index (χ3n) is 4.02. The van der Waals surface area contributed by atoms with Crippen LogP contribution >= 0.6 is 15.9 Å². The van der Waals surface area contributed by atoms with Crippen LogP contribution in [-0.2, 0) is 11.3 Å². The summed E-state index contributed by atoms with van der Waals surface area (Å²) in [5.74, 6) is -0.506. The van der Waals surface area contributed by atoms with Gasteiger partial charge in [0.15, 0.2) is 5.65 Å². The molecule has 0 radical (unpaired) electrons. The Hall–Kier alpha value is -2.28. The molecule has 116 valence electrons. The molecule has 0 saturated carbocycles. The van der Waals surface area contributed by atoms with Crippen molar-refractivity contribution in [1.29, 1.82) is 0 Å². The molecular formula is C16H14BrN5O. The fourth-order valence-corrected chi connectivity index (χ4v) is 3.40. The fraction of sp³-hybridized carbons (Fsp3) is 0.250. The van der Waals surface area contributed by atoms with Gasteiger partial charge in [0, 0.05) is 16.7 Å². The van der Waals surface area contributed by atoms with Gasteiger partial charge in [-0.05, 0) is 30.2 Å². The van der Waals surface area contributed by atoms with Crippen molar-refractivity contribution < 1.29 is 4.79 Å². The van der Waals surface area contributed by atoms with Crippen LogP contribution in [-0.4, -0.2) is 25.7 Å². The Morgan fingerprint density at radius 1 is 1.35 bits per heavy atom. The van der Waals surface area contributed by atoms with Crippen molar-refractivity contribution in [1.82, 2.24) is 19.7 Å². The molecule has 1 aliphatic heterocycles. The SMILES string of the molecule is CCCn1ncc2c(C3C(=O)Nc4ccc(Br)cc43)ncnc21. The molecule has 1 aromatic carbocycles. The van der Waals surface area contributed by atoms with Crippen molar-refractivity contribution in [2.24, 2.45) is 0 Å². The minimum absolute atomic E-state index is 0.0682. The first kappa shape index (κ1) is 14.3. The smallest absolute Gasteiger partial charge is 0.238 e. The van der Waals surface area contributed by atoms with Crippen molar-refractivity contribution in [2.75, 3.05) is 5.32 Å². The highest BCUT2D eigenvalue weighted by Gasteiger charge is 2.34. The molecular weight excluding hydrogens is 358 g/mol. The molecule has 1 atom stereocenters. The molecule has 6 nitrogen and oxygen atoms in total. The molecule has 7 heteroatoms. The summed E-state index contributed by atoms with van der Waals surface area (Å²) in [6, 6.07) is 5.77. The standard InChI is InChI=1S/C16H14BrN5O/c1-2-5-22-15-11(7-20-22)14(18-8-19-15)13-10-6-9(17)3-4-12(10)21-16(13)23/h3-4,6-8,13H,2,5H2,1H3,(H,21,23). The van der Waals surface area contributed by atoms with E-state index in [1.807, 2.05) is 22.9 Å². The zero-order valence-corrected chi connectivity index (χ0v) is 14.0. The Labute approximate surface area is 141 Å². The van der Waals surface area contributed by atoms with Gasteiger partial charge in [0.25, 0.3) is 0 Å². The summed E-state index contributed by atoms with van der Waals surface area (Å²) in [7, 11) is 0. The zero-order valence-electron chi connectivity index (χ0n) is 12.5. The first-order valence-electron chi connectivity index (χ1n) is 7.45. The minimum atomic E-state index is -0.438. The van der Waals surface area contributed by atoms with Gasteiger partial charge in [0.05, 0.1) is 17.3 Å². The van der Waals surface area contributed by atoms with E-state index in [2.05, 4.69) is 43.2 Å². The van der Waals surface area contributed by atoms with Gasteiger partial charge in [-0.1, -0.05) is 22.9 Å². The van der Waals surface area contributed by atoms with Crippen LogP contribution < -0.4 is 5.32 Å². The molecule has 0 saturated heterocycles. The summed E-state index contributed by atoms with van der Waals surface area (Å²) in [6.45, 7) is 2.88. The van der Waals surface area contributed by atoms with Gasteiger partial charge in [-0.15, -0.1) is 0 Å². The van der Waals surface area contributed by atoms with Gasteiger partial charge >= 0.3 is 0 Å². The van der Waals surface area contributed by atoms with E-state index in [0.717, 1.165) is 39.7 Å². The van der Waals surface area contributed by atoms with Crippen molar-refractivity contribution in [3.63, 3.8) is 0 Å². The number of carbonyl (C=O) groups is 1. The number of hydrogen-bond donors (Lipinski definition) is 1. The molecule has 1 amide bonds. The second-order valence-corrected chi connectivity index (χ2v) is 6.43. The molecule has 0 aliphatic carbocycles. The highest BCUT2D eigenvalue weighted by molar-refractivity contribution is 9.10. The van der Waals surface area contributed by atoms with E-state index in [1.54, 1.807) is 6.20 Å². The fourth-order valence-electron chi connectivity index (χ4n) is 3.02. The summed E-state index contributed by atoms with van der Waals surface area (Å²) in [5.41, 5.74) is 3.23. The quantitative estimate of drug-likeness (QED) is 0.767. The summed E-state index contributed by atoms with van der Waals surface area (Å²) in [4.78, 5) is 21.2. The van der Waals surface area contributed by atoms with Gasteiger partial charge in [-0.25, -0.2) is 14.6 Å². The third-order valence-corrected chi connectivity index (χ3v) is 4.51. The van der Waals surface area contributed by atoms with E-state index in [-0.39, 0.29) is 5.91 Å². The second-order valence-electron chi connectivity index (χ2n) is 5.52. The van der Waals surface area contributed by atoms with E-state index >= 15 is 0 Å². The lowest BCUT2D eigenvalue weighted by atomic mass is 9.95. The summed E-state index contributed by atoms with van der Waals surface area (Å²) in [6.07, 6.45) is 4.23. The highest BCUT2D eigenvalue weighted by atomic mass is 79.9. The van der Waals surface area contributed by atoms with Crippen molar-refractivity contribution in [2.45, 2.75) is 25.8 Å². The van der Waals surface area contributed by atoms with E-state index in [4.69, 9.17) is 0 Å². The Kier molecular flexibility index (Phi) is 3.37. The predicted octanol–water partition coefficient (Wildman–Crippen LogP) is 3.08. The lowest BCUT2D eigenvalue weighted by molar-refractivity contribution is -0.116. The molecule has 1 N–H and O–H groups in total.